The number of imide groups is 2. The first-order valence-electron chi connectivity index (χ1n) is 12.3. The van der Waals surface area contributed by atoms with E-state index in [0.29, 0.717) is 52.8 Å². The zero-order valence-corrected chi connectivity index (χ0v) is 24.5. The maximum absolute atomic E-state index is 13.4. The van der Waals surface area contributed by atoms with Gasteiger partial charge in [-0.2, -0.15) is 0 Å². The Labute approximate surface area is 243 Å². The van der Waals surface area contributed by atoms with Crippen LogP contribution in [0.5, 0.6) is 17.2 Å². The van der Waals surface area contributed by atoms with E-state index >= 15 is 0 Å². The molecule has 0 unspecified atom stereocenters. The summed E-state index contributed by atoms with van der Waals surface area (Å²) >= 11 is 6.89. The van der Waals surface area contributed by atoms with Crippen LogP contribution in [0.15, 0.2) is 75.2 Å². The standard InChI is InChI=1S/C29H26Br2N2O6/c1-3-13-38-26-24(31)15-19(16-25(26)37-4-2)14-23-27(34)32-29(36)33(28(23)35)21-9-11-22(12-10-21)39-17-18-5-7-20(30)8-6-18/h5-12,14-16H,3-4,13,17H2,1-2H3,(H,32,34,36)/b23-14+. The predicted molar refractivity (Wildman–Crippen MR) is 155 cm³/mol. The van der Waals surface area contributed by atoms with Crippen LogP contribution in [0.25, 0.3) is 6.08 Å². The normalized spacial score (nSPS) is 14.4. The molecule has 4 amide bonds. The Morgan fingerprint density at radius 1 is 0.897 bits per heavy atom. The van der Waals surface area contributed by atoms with E-state index in [1.54, 1.807) is 36.4 Å². The molecule has 4 rings (SSSR count). The van der Waals surface area contributed by atoms with Gasteiger partial charge in [-0.3, -0.25) is 14.9 Å². The summed E-state index contributed by atoms with van der Waals surface area (Å²) < 4.78 is 18.9. The molecule has 0 atom stereocenters. The molecule has 1 saturated heterocycles. The van der Waals surface area contributed by atoms with Crippen molar-refractivity contribution in [1.82, 2.24) is 5.32 Å². The monoisotopic (exact) mass is 656 g/mol. The smallest absolute Gasteiger partial charge is 0.335 e. The fraction of sp³-hybridized carbons (Fsp3) is 0.207. The van der Waals surface area contributed by atoms with Crippen molar-refractivity contribution in [3.05, 3.63) is 86.3 Å². The molecule has 1 fully saturated rings. The minimum absolute atomic E-state index is 0.193. The van der Waals surface area contributed by atoms with Crippen molar-refractivity contribution in [2.75, 3.05) is 18.1 Å². The van der Waals surface area contributed by atoms with Crippen molar-refractivity contribution < 1.29 is 28.6 Å². The van der Waals surface area contributed by atoms with E-state index in [2.05, 4.69) is 37.2 Å². The van der Waals surface area contributed by atoms with Crippen LogP contribution < -0.4 is 24.4 Å². The number of halogens is 2. The Kier molecular flexibility index (Phi) is 9.42. The van der Waals surface area contributed by atoms with E-state index in [1.165, 1.54) is 6.08 Å². The maximum atomic E-state index is 13.4. The van der Waals surface area contributed by atoms with Crippen LogP contribution in [-0.4, -0.2) is 31.1 Å². The number of nitrogens with zero attached hydrogens (tertiary/aromatic N) is 1. The average molecular weight is 658 g/mol. The summed E-state index contributed by atoms with van der Waals surface area (Å²) in [7, 11) is 0. The molecule has 3 aromatic carbocycles. The highest BCUT2D eigenvalue weighted by atomic mass is 79.9. The minimum atomic E-state index is -0.829. The molecule has 0 aliphatic carbocycles. The number of hydrogen-bond acceptors (Lipinski definition) is 6. The zero-order chi connectivity index (χ0) is 27.9. The molecule has 1 heterocycles. The summed E-state index contributed by atoms with van der Waals surface area (Å²) in [4.78, 5) is 39.6. The zero-order valence-electron chi connectivity index (χ0n) is 21.3. The second-order valence-electron chi connectivity index (χ2n) is 8.48. The van der Waals surface area contributed by atoms with Crippen molar-refractivity contribution in [3.8, 4) is 17.2 Å². The number of nitrogens with one attached hydrogen (secondary N) is 1. The van der Waals surface area contributed by atoms with E-state index in [4.69, 9.17) is 14.2 Å². The molecule has 1 aliphatic heterocycles. The van der Waals surface area contributed by atoms with Gasteiger partial charge >= 0.3 is 6.03 Å². The maximum Gasteiger partial charge on any atom is 0.335 e. The lowest BCUT2D eigenvalue weighted by atomic mass is 10.1. The van der Waals surface area contributed by atoms with E-state index < -0.39 is 17.8 Å². The Morgan fingerprint density at radius 3 is 2.28 bits per heavy atom. The topological polar surface area (TPSA) is 94.2 Å². The van der Waals surface area contributed by atoms with Crippen molar-refractivity contribution >= 4 is 61.5 Å². The van der Waals surface area contributed by atoms with E-state index in [-0.39, 0.29) is 5.57 Å². The summed E-state index contributed by atoms with van der Waals surface area (Å²) in [5.74, 6) is 0.0582. The molecule has 8 nitrogen and oxygen atoms in total. The number of anilines is 1. The summed E-state index contributed by atoms with van der Waals surface area (Å²) in [6, 6.07) is 16.8. The number of hydrogen-bond donors (Lipinski definition) is 1. The van der Waals surface area contributed by atoms with E-state index in [9.17, 15) is 14.4 Å². The molecule has 0 aromatic heterocycles. The lowest BCUT2D eigenvalue weighted by Gasteiger charge is -2.26. The van der Waals surface area contributed by atoms with Crippen LogP contribution in [0.2, 0.25) is 0 Å². The highest BCUT2D eigenvalue weighted by Gasteiger charge is 2.37. The van der Waals surface area contributed by atoms with E-state index in [0.717, 1.165) is 21.4 Å². The predicted octanol–water partition coefficient (Wildman–Crippen LogP) is 6.64. The molecule has 0 bridgehead atoms. The van der Waals surface area contributed by atoms with Gasteiger partial charge in [-0.05, 0) is 95.0 Å². The number of urea groups is 1. The lowest BCUT2D eigenvalue weighted by Crippen LogP contribution is -2.54. The molecule has 0 radical (unpaired) electrons. The van der Waals surface area contributed by atoms with Crippen LogP contribution in [0.1, 0.15) is 31.4 Å². The van der Waals surface area contributed by atoms with Crippen molar-refractivity contribution in [3.63, 3.8) is 0 Å². The first-order valence-corrected chi connectivity index (χ1v) is 13.9. The number of ether oxygens (including phenoxy) is 3. The summed E-state index contributed by atoms with van der Waals surface area (Å²) in [5, 5.41) is 2.24. The van der Waals surface area contributed by atoms with Crippen LogP contribution in [-0.2, 0) is 16.2 Å². The third-order valence-corrected chi connectivity index (χ3v) is 6.73. The lowest BCUT2D eigenvalue weighted by molar-refractivity contribution is -0.122. The Hall–Kier alpha value is -3.63. The van der Waals surface area contributed by atoms with Gasteiger partial charge in [0.15, 0.2) is 11.5 Å². The van der Waals surface area contributed by atoms with Gasteiger partial charge in [0.25, 0.3) is 11.8 Å². The molecular weight excluding hydrogens is 632 g/mol. The number of benzene rings is 3. The van der Waals surface area contributed by atoms with Gasteiger partial charge in [0, 0.05) is 4.47 Å². The molecule has 39 heavy (non-hydrogen) atoms. The average Bonchev–Trinajstić information content (AvgIpc) is 2.91. The third kappa shape index (κ3) is 6.88. The Balaban J connectivity index is 1.56. The van der Waals surface area contributed by atoms with Gasteiger partial charge in [0.05, 0.1) is 23.4 Å². The van der Waals surface area contributed by atoms with Gasteiger partial charge in [-0.15, -0.1) is 0 Å². The Morgan fingerprint density at radius 2 is 1.62 bits per heavy atom. The SMILES string of the molecule is CCCOc1c(Br)cc(/C=C2\C(=O)NC(=O)N(c3ccc(OCc4ccc(Br)cc4)cc3)C2=O)cc1OCC. The molecule has 1 N–H and O–H groups in total. The van der Waals surface area contributed by atoms with Crippen LogP contribution in [0.3, 0.4) is 0 Å². The fourth-order valence-corrected chi connectivity index (χ4v) is 4.61. The summed E-state index contributed by atoms with van der Waals surface area (Å²) in [6.07, 6.45) is 2.24. The third-order valence-electron chi connectivity index (χ3n) is 5.61. The highest BCUT2D eigenvalue weighted by molar-refractivity contribution is 9.10. The van der Waals surface area contributed by atoms with Gasteiger partial charge in [0.1, 0.15) is 17.9 Å². The summed E-state index contributed by atoms with van der Waals surface area (Å²) in [5.41, 5.74) is 1.62. The molecule has 10 heteroatoms. The molecular formula is C29H26Br2N2O6. The molecule has 202 valence electrons. The minimum Gasteiger partial charge on any atom is -0.490 e. The van der Waals surface area contributed by atoms with Crippen LogP contribution in [0.4, 0.5) is 10.5 Å². The second kappa shape index (κ2) is 12.9. The van der Waals surface area contributed by atoms with Crippen molar-refractivity contribution in [2.45, 2.75) is 26.9 Å². The molecule has 0 saturated carbocycles. The quantitative estimate of drug-likeness (QED) is 0.194. The van der Waals surface area contributed by atoms with Gasteiger partial charge in [-0.1, -0.05) is 35.0 Å². The first kappa shape index (κ1) is 28.4. The molecule has 3 aromatic rings. The number of barbiturate groups is 1. The molecule has 1 aliphatic rings. The van der Waals surface area contributed by atoms with Gasteiger partial charge in [-0.25, -0.2) is 9.69 Å². The van der Waals surface area contributed by atoms with Crippen molar-refractivity contribution in [1.29, 1.82) is 0 Å². The second-order valence-corrected chi connectivity index (χ2v) is 10.2. The molecule has 0 spiro atoms. The van der Waals surface area contributed by atoms with Gasteiger partial charge in [0.2, 0.25) is 0 Å². The van der Waals surface area contributed by atoms with Crippen LogP contribution in [0, 0.1) is 0 Å². The first-order chi connectivity index (χ1) is 18.8. The number of amides is 4. The van der Waals surface area contributed by atoms with Crippen LogP contribution >= 0.6 is 31.9 Å². The fourth-order valence-electron chi connectivity index (χ4n) is 3.78. The summed E-state index contributed by atoms with van der Waals surface area (Å²) in [6.45, 7) is 5.11. The van der Waals surface area contributed by atoms with Gasteiger partial charge < -0.3 is 14.2 Å². The number of rotatable bonds is 10. The Bertz CT molecular complexity index is 1400. The largest absolute Gasteiger partial charge is 0.490 e. The highest BCUT2D eigenvalue weighted by Crippen LogP contribution is 2.38. The number of carbonyl (C=O) groups is 3. The van der Waals surface area contributed by atoms with E-state index in [1.807, 2.05) is 38.1 Å². The van der Waals surface area contributed by atoms with Crippen molar-refractivity contribution in [2.24, 2.45) is 0 Å². The number of carbonyl (C=O) groups excluding carboxylic acids is 3.